The molecule has 2 amide bonds. The van der Waals surface area contributed by atoms with Crippen LogP contribution in [-0.2, 0) is 11.2 Å². The smallest absolute Gasteiger partial charge is 0.317 e. The zero-order chi connectivity index (χ0) is 15.3. The van der Waals surface area contributed by atoms with Gasteiger partial charge in [0.1, 0.15) is 5.82 Å². The number of H-pyrrole nitrogens is 1. The van der Waals surface area contributed by atoms with E-state index in [4.69, 9.17) is 0 Å². The molecule has 2 rings (SSSR count). The molecule has 1 aliphatic rings. The number of amides is 2. The normalized spacial score (nSPS) is 17.5. The van der Waals surface area contributed by atoms with Crippen molar-refractivity contribution in [2.45, 2.75) is 32.6 Å². The fourth-order valence-electron chi connectivity index (χ4n) is 2.69. The summed E-state index contributed by atoms with van der Waals surface area (Å²) in [6.07, 6.45) is 5.72. The van der Waals surface area contributed by atoms with Gasteiger partial charge in [-0.2, -0.15) is 0 Å². The van der Waals surface area contributed by atoms with Gasteiger partial charge in [-0.1, -0.05) is 6.92 Å². The van der Waals surface area contributed by atoms with Gasteiger partial charge in [0.15, 0.2) is 0 Å². The van der Waals surface area contributed by atoms with Crippen LogP contribution in [0.4, 0.5) is 4.79 Å². The Morgan fingerprint density at radius 2 is 2.19 bits per heavy atom. The standard InChI is InChI=1S/C14H22N4O3/c1-2-14(12(19)20)4-9-18(10-5-14)13(21)17-6-3-11-15-7-8-16-11/h7-8H,2-6,9-10H2,1H3,(H,15,16)(H,17,21)(H,19,20). The molecule has 21 heavy (non-hydrogen) atoms. The number of hydrogen-bond acceptors (Lipinski definition) is 3. The molecule has 7 heteroatoms. The Labute approximate surface area is 123 Å². The van der Waals surface area contributed by atoms with Gasteiger partial charge >= 0.3 is 12.0 Å². The predicted octanol–water partition coefficient (Wildman–Crippen LogP) is 1.24. The van der Waals surface area contributed by atoms with E-state index in [0.29, 0.717) is 45.3 Å². The lowest BCUT2D eigenvalue weighted by Crippen LogP contribution is -2.49. The number of rotatable bonds is 5. The van der Waals surface area contributed by atoms with Gasteiger partial charge in [0, 0.05) is 38.4 Å². The molecule has 0 atom stereocenters. The van der Waals surface area contributed by atoms with Gasteiger partial charge in [0.25, 0.3) is 0 Å². The summed E-state index contributed by atoms with van der Waals surface area (Å²) < 4.78 is 0. The minimum atomic E-state index is -0.747. The number of hydrogen-bond donors (Lipinski definition) is 3. The Balaban J connectivity index is 1.76. The van der Waals surface area contributed by atoms with Crippen molar-refractivity contribution in [3.8, 4) is 0 Å². The molecule has 1 aromatic rings. The second kappa shape index (κ2) is 6.60. The van der Waals surface area contributed by atoms with Gasteiger partial charge in [-0.3, -0.25) is 4.79 Å². The first-order valence-corrected chi connectivity index (χ1v) is 7.32. The van der Waals surface area contributed by atoms with Crippen LogP contribution in [0.1, 0.15) is 32.0 Å². The number of aliphatic carboxylic acids is 1. The van der Waals surface area contributed by atoms with E-state index in [9.17, 15) is 14.7 Å². The number of carboxylic acid groups (broad SMARTS) is 1. The first-order chi connectivity index (χ1) is 10.1. The van der Waals surface area contributed by atoms with Crippen LogP contribution in [-0.4, -0.2) is 51.6 Å². The van der Waals surface area contributed by atoms with E-state index >= 15 is 0 Å². The van der Waals surface area contributed by atoms with Crippen molar-refractivity contribution in [3.05, 3.63) is 18.2 Å². The molecule has 0 bridgehead atoms. The summed E-state index contributed by atoms with van der Waals surface area (Å²) in [5, 5.41) is 12.2. The van der Waals surface area contributed by atoms with E-state index in [1.54, 1.807) is 17.3 Å². The lowest BCUT2D eigenvalue weighted by Gasteiger charge is -2.38. The van der Waals surface area contributed by atoms with Crippen LogP contribution in [0.5, 0.6) is 0 Å². The number of nitrogens with zero attached hydrogens (tertiary/aromatic N) is 2. The van der Waals surface area contributed by atoms with Crippen molar-refractivity contribution in [3.63, 3.8) is 0 Å². The highest BCUT2D eigenvalue weighted by atomic mass is 16.4. The zero-order valence-electron chi connectivity index (χ0n) is 12.3. The van der Waals surface area contributed by atoms with Gasteiger partial charge < -0.3 is 20.3 Å². The van der Waals surface area contributed by atoms with Crippen molar-refractivity contribution >= 4 is 12.0 Å². The number of likely N-dealkylation sites (tertiary alicyclic amines) is 1. The molecule has 0 spiro atoms. The summed E-state index contributed by atoms with van der Waals surface area (Å²) in [5.74, 6) is 0.0905. The van der Waals surface area contributed by atoms with Gasteiger partial charge in [-0.05, 0) is 19.3 Å². The molecule has 0 radical (unpaired) electrons. The van der Waals surface area contributed by atoms with Crippen molar-refractivity contribution in [1.82, 2.24) is 20.2 Å². The summed E-state index contributed by atoms with van der Waals surface area (Å²) in [7, 11) is 0. The van der Waals surface area contributed by atoms with Gasteiger partial charge in [0.2, 0.25) is 0 Å². The second-order valence-corrected chi connectivity index (χ2v) is 5.44. The summed E-state index contributed by atoms with van der Waals surface area (Å²) in [6.45, 7) is 3.40. The highest BCUT2D eigenvalue weighted by Crippen LogP contribution is 2.35. The maximum absolute atomic E-state index is 12.0. The van der Waals surface area contributed by atoms with Crippen LogP contribution >= 0.6 is 0 Å². The van der Waals surface area contributed by atoms with Gasteiger partial charge in [-0.25, -0.2) is 9.78 Å². The first-order valence-electron chi connectivity index (χ1n) is 7.32. The molecule has 0 aliphatic carbocycles. The second-order valence-electron chi connectivity index (χ2n) is 5.44. The number of imidazole rings is 1. The molecule has 1 saturated heterocycles. The molecule has 1 aliphatic heterocycles. The number of urea groups is 1. The van der Waals surface area contributed by atoms with Crippen LogP contribution in [0.2, 0.25) is 0 Å². The zero-order valence-corrected chi connectivity index (χ0v) is 12.3. The summed E-state index contributed by atoms with van der Waals surface area (Å²) >= 11 is 0. The molecule has 3 N–H and O–H groups in total. The Kier molecular flexibility index (Phi) is 4.82. The van der Waals surface area contributed by atoms with E-state index in [1.165, 1.54) is 0 Å². The number of piperidine rings is 1. The number of carboxylic acids is 1. The molecule has 2 heterocycles. The van der Waals surface area contributed by atoms with Crippen LogP contribution in [0, 0.1) is 5.41 Å². The van der Waals surface area contributed by atoms with Crippen LogP contribution in [0.15, 0.2) is 12.4 Å². The third-order valence-corrected chi connectivity index (χ3v) is 4.33. The highest BCUT2D eigenvalue weighted by Gasteiger charge is 2.40. The van der Waals surface area contributed by atoms with Crippen molar-refractivity contribution in [2.75, 3.05) is 19.6 Å². The molecule has 1 aromatic heterocycles. The monoisotopic (exact) mass is 294 g/mol. The molecule has 1 fully saturated rings. The molecule has 0 unspecified atom stereocenters. The topological polar surface area (TPSA) is 98.3 Å². The molecule has 0 aromatic carbocycles. The van der Waals surface area contributed by atoms with E-state index in [0.717, 1.165) is 5.82 Å². The van der Waals surface area contributed by atoms with E-state index in [-0.39, 0.29) is 6.03 Å². The lowest BCUT2D eigenvalue weighted by molar-refractivity contribution is -0.151. The van der Waals surface area contributed by atoms with E-state index < -0.39 is 11.4 Å². The molecule has 7 nitrogen and oxygen atoms in total. The predicted molar refractivity (Wildman–Crippen MR) is 76.9 cm³/mol. The fourth-order valence-corrected chi connectivity index (χ4v) is 2.69. The third kappa shape index (κ3) is 3.53. The first kappa shape index (κ1) is 15.3. The molecular weight excluding hydrogens is 272 g/mol. The fraction of sp³-hybridized carbons (Fsp3) is 0.643. The van der Waals surface area contributed by atoms with Crippen LogP contribution < -0.4 is 5.32 Å². The Morgan fingerprint density at radius 3 is 2.71 bits per heavy atom. The summed E-state index contributed by atoms with van der Waals surface area (Å²) in [5.41, 5.74) is -0.662. The Bertz CT molecular complexity index is 478. The molecule has 0 saturated carbocycles. The number of carbonyl (C=O) groups excluding carboxylic acids is 1. The van der Waals surface area contributed by atoms with Crippen molar-refractivity contribution in [1.29, 1.82) is 0 Å². The maximum atomic E-state index is 12.0. The SMILES string of the molecule is CCC1(C(=O)O)CCN(C(=O)NCCc2ncc[nH]2)CC1. The average molecular weight is 294 g/mol. The number of carbonyl (C=O) groups is 2. The third-order valence-electron chi connectivity index (χ3n) is 4.33. The largest absolute Gasteiger partial charge is 0.481 e. The van der Waals surface area contributed by atoms with Crippen LogP contribution in [0.25, 0.3) is 0 Å². The summed E-state index contributed by atoms with van der Waals surface area (Å²) in [4.78, 5) is 32.2. The minimum Gasteiger partial charge on any atom is -0.481 e. The van der Waals surface area contributed by atoms with Crippen molar-refractivity contribution < 1.29 is 14.7 Å². The minimum absolute atomic E-state index is 0.128. The highest BCUT2D eigenvalue weighted by molar-refractivity contribution is 5.77. The Morgan fingerprint density at radius 1 is 1.48 bits per heavy atom. The average Bonchev–Trinajstić information content (AvgIpc) is 3.00. The van der Waals surface area contributed by atoms with E-state index in [1.807, 2.05) is 6.92 Å². The van der Waals surface area contributed by atoms with Gasteiger partial charge in [-0.15, -0.1) is 0 Å². The Hall–Kier alpha value is -2.05. The molecular formula is C14H22N4O3. The van der Waals surface area contributed by atoms with Crippen LogP contribution in [0.3, 0.4) is 0 Å². The lowest BCUT2D eigenvalue weighted by atomic mass is 9.76. The van der Waals surface area contributed by atoms with Crippen molar-refractivity contribution in [2.24, 2.45) is 5.41 Å². The number of aromatic amines is 1. The van der Waals surface area contributed by atoms with Gasteiger partial charge in [0.05, 0.1) is 5.41 Å². The molecule has 116 valence electrons. The van der Waals surface area contributed by atoms with E-state index in [2.05, 4.69) is 15.3 Å². The quantitative estimate of drug-likeness (QED) is 0.761. The number of aromatic nitrogens is 2. The maximum Gasteiger partial charge on any atom is 0.317 e. The number of nitrogens with one attached hydrogen (secondary N) is 2. The summed E-state index contributed by atoms with van der Waals surface area (Å²) in [6, 6.07) is -0.128.